The first kappa shape index (κ1) is 19.3. The molecule has 0 aliphatic carbocycles. The molecule has 2 aromatic carbocycles. The molecule has 0 spiro atoms. The van der Waals surface area contributed by atoms with Gasteiger partial charge in [0.15, 0.2) is 5.72 Å². The number of nitrogens with zero attached hydrogens (tertiary/aromatic N) is 1. The first-order valence-corrected chi connectivity index (χ1v) is 9.31. The summed E-state index contributed by atoms with van der Waals surface area (Å²) in [4.78, 5) is 14.3. The Morgan fingerprint density at radius 1 is 1.19 bits per heavy atom. The standard InChI is InChI=1S/C21H26FN3O2/c1-2-16-7-9-18(10-8-16)24-20(26)27-21(23)11-13-25(14-12-21)15-17-5-3-4-6-19(17)22/h3-10H,2,11-15,23H2,1H3,(H,24,26). The van der Waals surface area contributed by atoms with Crippen molar-refractivity contribution in [2.24, 2.45) is 5.73 Å². The lowest BCUT2D eigenvalue weighted by Gasteiger charge is -2.38. The molecule has 0 atom stereocenters. The molecule has 2 aromatic rings. The predicted octanol–water partition coefficient (Wildman–Crippen LogP) is 3.89. The Kier molecular flexibility index (Phi) is 6.08. The number of ether oxygens (including phenoxy) is 1. The predicted molar refractivity (Wildman–Crippen MR) is 104 cm³/mol. The van der Waals surface area contributed by atoms with E-state index in [1.54, 1.807) is 12.1 Å². The summed E-state index contributed by atoms with van der Waals surface area (Å²) in [5.74, 6) is -0.202. The summed E-state index contributed by atoms with van der Waals surface area (Å²) in [5.41, 5.74) is 7.80. The quantitative estimate of drug-likeness (QED) is 0.783. The van der Waals surface area contributed by atoms with Crippen LogP contribution < -0.4 is 11.1 Å². The van der Waals surface area contributed by atoms with Crippen molar-refractivity contribution in [2.45, 2.75) is 38.5 Å². The topological polar surface area (TPSA) is 67.6 Å². The third kappa shape index (κ3) is 5.28. The summed E-state index contributed by atoms with van der Waals surface area (Å²) in [6.45, 7) is 3.89. The molecule has 0 radical (unpaired) electrons. The Hall–Kier alpha value is -2.44. The highest BCUT2D eigenvalue weighted by Crippen LogP contribution is 2.24. The molecule has 1 aliphatic heterocycles. The molecule has 1 fully saturated rings. The van der Waals surface area contributed by atoms with Crippen molar-refractivity contribution in [3.05, 3.63) is 65.5 Å². The van der Waals surface area contributed by atoms with Crippen molar-refractivity contribution in [1.82, 2.24) is 4.90 Å². The zero-order valence-corrected chi connectivity index (χ0v) is 15.6. The Bertz CT molecular complexity index is 771. The molecule has 6 heteroatoms. The van der Waals surface area contributed by atoms with Gasteiger partial charge in [-0.05, 0) is 30.2 Å². The molecule has 3 N–H and O–H groups in total. The fourth-order valence-electron chi connectivity index (χ4n) is 3.21. The Morgan fingerprint density at radius 2 is 1.85 bits per heavy atom. The van der Waals surface area contributed by atoms with E-state index >= 15 is 0 Å². The van der Waals surface area contributed by atoms with Gasteiger partial charge in [0.05, 0.1) is 0 Å². The van der Waals surface area contributed by atoms with E-state index in [2.05, 4.69) is 17.1 Å². The van der Waals surface area contributed by atoms with Crippen LogP contribution in [0, 0.1) is 5.82 Å². The summed E-state index contributed by atoms with van der Waals surface area (Å²) in [6, 6.07) is 14.4. The minimum absolute atomic E-state index is 0.202. The van der Waals surface area contributed by atoms with E-state index in [0.717, 1.165) is 6.42 Å². The Labute approximate surface area is 159 Å². The van der Waals surface area contributed by atoms with E-state index in [0.29, 0.717) is 43.7 Å². The molecule has 0 saturated carbocycles. The summed E-state index contributed by atoms with van der Waals surface area (Å²) in [6.07, 6.45) is 1.40. The molecule has 0 unspecified atom stereocenters. The van der Waals surface area contributed by atoms with E-state index in [4.69, 9.17) is 10.5 Å². The molecule has 5 nitrogen and oxygen atoms in total. The zero-order chi connectivity index (χ0) is 19.3. The van der Waals surface area contributed by atoms with Crippen LogP contribution >= 0.6 is 0 Å². The van der Waals surface area contributed by atoms with E-state index in [1.807, 2.05) is 30.3 Å². The highest BCUT2D eigenvalue weighted by atomic mass is 19.1. The maximum Gasteiger partial charge on any atom is 0.413 e. The van der Waals surface area contributed by atoms with Gasteiger partial charge in [0.1, 0.15) is 5.82 Å². The molecule has 27 heavy (non-hydrogen) atoms. The van der Waals surface area contributed by atoms with Crippen LogP contribution in [0.25, 0.3) is 0 Å². The third-order valence-corrected chi connectivity index (χ3v) is 4.96. The van der Waals surface area contributed by atoms with E-state index in [9.17, 15) is 9.18 Å². The van der Waals surface area contributed by atoms with E-state index < -0.39 is 11.8 Å². The van der Waals surface area contributed by atoms with Gasteiger partial charge in [-0.1, -0.05) is 37.3 Å². The lowest BCUT2D eigenvalue weighted by atomic mass is 10.0. The van der Waals surface area contributed by atoms with Gasteiger partial charge in [-0.15, -0.1) is 0 Å². The monoisotopic (exact) mass is 371 g/mol. The van der Waals surface area contributed by atoms with Crippen molar-refractivity contribution in [1.29, 1.82) is 0 Å². The molecule has 1 amide bonds. The minimum atomic E-state index is -1.00. The van der Waals surface area contributed by atoms with Crippen LogP contribution in [0.3, 0.4) is 0 Å². The van der Waals surface area contributed by atoms with Crippen LogP contribution in [0.15, 0.2) is 48.5 Å². The minimum Gasteiger partial charge on any atom is -0.428 e. The maximum atomic E-state index is 13.8. The van der Waals surface area contributed by atoms with Gasteiger partial charge in [0.2, 0.25) is 0 Å². The van der Waals surface area contributed by atoms with Crippen LogP contribution in [0.1, 0.15) is 30.9 Å². The number of benzene rings is 2. The number of nitrogens with one attached hydrogen (secondary N) is 1. The third-order valence-electron chi connectivity index (χ3n) is 4.96. The van der Waals surface area contributed by atoms with E-state index in [-0.39, 0.29) is 5.82 Å². The number of anilines is 1. The van der Waals surface area contributed by atoms with Crippen LogP contribution in [0.2, 0.25) is 0 Å². The normalized spacial score (nSPS) is 16.7. The number of amides is 1. The van der Waals surface area contributed by atoms with Crippen LogP contribution in [-0.2, 0) is 17.7 Å². The second-order valence-corrected chi connectivity index (χ2v) is 7.00. The van der Waals surface area contributed by atoms with Gasteiger partial charge in [-0.2, -0.15) is 0 Å². The molecule has 3 rings (SSSR count). The molecule has 0 bridgehead atoms. The fraction of sp³-hybridized carbons (Fsp3) is 0.381. The number of nitrogens with two attached hydrogens (primary N) is 1. The molecule has 144 valence electrons. The first-order chi connectivity index (χ1) is 13.0. The molecular formula is C21H26FN3O2. The van der Waals surface area contributed by atoms with Crippen LogP contribution in [-0.4, -0.2) is 29.8 Å². The molecule has 0 aromatic heterocycles. The van der Waals surface area contributed by atoms with Crippen LogP contribution in [0.5, 0.6) is 0 Å². The van der Waals surface area contributed by atoms with Gasteiger partial charge < -0.3 is 4.74 Å². The average Bonchev–Trinajstić information content (AvgIpc) is 2.66. The Balaban J connectivity index is 1.49. The summed E-state index contributed by atoms with van der Waals surface area (Å²) >= 11 is 0. The lowest BCUT2D eigenvalue weighted by molar-refractivity contribution is -0.0270. The lowest BCUT2D eigenvalue weighted by Crippen LogP contribution is -2.53. The summed E-state index contributed by atoms with van der Waals surface area (Å²) in [5, 5.41) is 2.72. The second kappa shape index (κ2) is 8.50. The molecule has 1 heterocycles. The number of hydrogen-bond donors (Lipinski definition) is 2. The van der Waals surface area contributed by atoms with Crippen LogP contribution in [0.4, 0.5) is 14.9 Å². The van der Waals surface area contributed by atoms with Crippen molar-refractivity contribution < 1.29 is 13.9 Å². The van der Waals surface area contributed by atoms with Gasteiger partial charge in [0, 0.05) is 43.7 Å². The number of hydrogen-bond acceptors (Lipinski definition) is 4. The number of likely N-dealkylation sites (tertiary alicyclic amines) is 1. The fourth-order valence-corrected chi connectivity index (χ4v) is 3.21. The number of rotatable bonds is 5. The van der Waals surface area contributed by atoms with Crippen molar-refractivity contribution >= 4 is 11.8 Å². The molecule has 1 aliphatic rings. The number of piperidine rings is 1. The number of carbonyl (C=O) groups is 1. The number of halogens is 1. The largest absolute Gasteiger partial charge is 0.428 e. The highest BCUT2D eigenvalue weighted by molar-refractivity contribution is 5.84. The number of aryl methyl sites for hydroxylation is 1. The van der Waals surface area contributed by atoms with Gasteiger partial charge in [-0.3, -0.25) is 16.0 Å². The average molecular weight is 371 g/mol. The van der Waals surface area contributed by atoms with Gasteiger partial charge in [-0.25, -0.2) is 9.18 Å². The molecule has 1 saturated heterocycles. The first-order valence-electron chi connectivity index (χ1n) is 9.31. The SMILES string of the molecule is CCc1ccc(NC(=O)OC2(N)CCN(Cc3ccccc3F)CC2)cc1. The number of carbonyl (C=O) groups excluding carboxylic acids is 1. The van der Waals surface area contributed by atoms with Gasteiger partial charge in [0.25, 0.3) is 0 Å². The second-order valence-electron chi connectivity index (χ2n) is 7.00. The highest BCUT2D eigenvalue weighted by Gasteiger charge is 2.34. The van der Waals surface area contributed by atoms with Crippen molar-refractivity contribution in [3.8, 4) is 0 Å². The zero-order valence-electron chi connectivity index (χ0n) is 15.6. The Morgan fingerprint density at radius 3 is 2.48 bits per heavy atom. The smallest absolute Gasteiger partial charge is 0.413 e. The van der Waals surface area contributed by atoms with Crippen molar-refractivity contribution in [2.75, 3.05) is 18.4 Å². The van der Waals surface area contributed by atoms with Crippen molar-refractivity contribution in [3.63, 3.8) is 0 Å². The van der Waals surface area contributed by atoms with E-state index in [1.165, 1.54) is 11.6 Å². The van der Waals surface area contributed by atoms with Gasteiger partial charge >= 0.3 is 6.09 Å². The summed E-state index contributed by atoms with van der Waals surface area (Å²) < 4.78 is 19.3. The molecular weight excluding hydrogens is 345 g/mol. The summed E-state index contributed by atoms with van der Waals surface area (Å²) in [7, 11) is 0. The maximum absolute atomic E-state index is 13.8.